The summed E-state index contributed by atoms with van der Waals surface area (Å²) < 4.78 is 0. The Morgan fingerprint density at radius 3 is 2.73 bits per heavy atom. The van der Waals surface area contributed by atoms with E-state index in [-0.39, 0.29) is 11.8 Å². The molecule has 2 aromatic heterocycles. The van der Waals surface area contributed by atoms with Crippen molar-refractivity contribution in [3.05, 3.63) is 48.2 Å². The first kappa shape index (κ1) is 16.5. The van der Waals surface area contributed by atoms with E-state index in [2.05, 4.69) is 35.2 Å². The van der Waals surface area contributed by atoms with Crippen LogP contribution >= 0.6 is 0 Å². The number of pyridine rings is 2. The first-order valence-electron chi connectivity index (χ1n) is 8.96. The second-order valence-corrected chi connectivity index (χ2v) is 7.15. The largest absolute Gasteiger partial charge is 0.383 e. The van der Waals surface area contributed by atoms with Gasteiger partial charge in [0.15, 0.2) is 0 Å². The van der Waals surface area contributed by atoms with Crippen LogP contribution in [-0.2, 0) is 4.79 Å². The summed E-state index contributed by atoms with van der Waals surface area (Å²) in [5.41, 5.74) is 9.16. The zero-order chi connectivity index (χ0) is 18.3. The second-order valence-electron chi connectivity index (χ2n) is 7.15. The van der Waals surface area contributed by atoms with E-state index < -0.39 is 0 Å². The fraction of sp³-hybridized carbons (Fsp3) is 0.286. The summed E-state index contributed by atoms with van der Waals surface area (Å²) in [5, 5.41) is 4.65. The Bertz CT molecular complexity index is 998. The van der Waals surface area contributed by atoms with Crippen LogP contribution in [0.3, 0.4) is 0 Å². The van der Waals surface area contributed by atoms with Crippen LogP contribution in [-0.4, -0.2) is 15.9 Å². The van der Waals surface area contributed by atoms with Gasteiger partial charge in [-0.25, -0.2) is 9.97 Å². The minimum atomic E-state index is 0.0526. The predicted octanol–water partition coefficient (Wildman–Crippen LogP) is 4.17. The number of fused-ring (bicyclic) bond motifs is 1. The van der Waals surface area contributed by atoms with Crippen molar-refractivity contribution in [2.24, 2.45) is 11.8 Å². The number of nitrogen functional groups attached to an aromatic ring is 1. The molecular formula is C21H22N4O. The van der Waals surface area contributed by atoms with E-state index >= 15 is 0 Å². The number of hydrogen-bond acceptors (Lipinski definition) is 4. The molecule has 132 valence electrons. The third kappa shape index (κ3) is 2.90. The molecule has 1 fully saturated rings. The standard InChI is InChI=1S/C21H22N4O/c1-12-5-3-4-6-15(12)18-9-14-10-19(23-11-17(14)20(22)24-18)25-21(26)16-8-7-13(16)2/h3-6,9-11,13,16H,7-8H2,1-2H3,(H2,22,24)(H,23,25,26)/t13-,16+/m1/s1. The molecule has 26 heavy (non-hydrogen) atoms. The van der Waals surface area contributed by atoms with Gasteiger partial charge in [0.2, 0.25) is 5.91 Å². The van der Waals surface area contributed by atoms with E-state index in [1.54, 1.807) is 6.20 Å². The topological polar surface area (TPSA) is 80.9 Å². The highest BCUT2D eigenvalue weighted by Gasteiger charge is 2.33. The minimum Gasteiger partial charge on any atom is -0.383 e. The van der Waals surface area contributed by atoms with E-state index in [4.69, 9.17) is 5.73 Å². The summed E-state index contributed by atoms with van der Waals surface area (Å²) in [6, 6.07) is 11.9. The van der Waals surface area contributed by atoms with Crippen molar-refractivity contribution < 1.29 is 4.79 Å². The molecule has 0 unspecified atom stereocenters. The first-order chi connectivity index (χ1) is 12.5. The Hall–Kier alpha value is -2.95. The highest BCUT2D eigenvalue weighted by Crippen LogP contribution is 2.34. The molecule has 2 heterocycles. The number of nitrogens with one attached hydrogen (secondary N) is 1. The Morgan fingerprint density at radius 1 is 1.23 bits per heavy atom. The molecule has 1 saturated carbocycles. The Balaban J connectivity index is 1.70. The average molecular weight is 346 g/mol. The van der Waals surface area contributed by atoms with E-state index in [9.17, 15) is 4.79 Å². The van der Waals surface area contributed by atoms with Gasteiger partial charge in [-0.3, -0.25) is 4.79 Å². The SMILES string of the molecule is Cc1ccccc1-c1cc2cc(NC(=O)[C@H]3CC[C@H]3C)ncc2c(N)n1. The minimum absolute atomic E-state index is 0.0526. The Morgan fingerprint density at radius 2 is 2.04 bits per heavy atom. The molecule has 0 spiro atoms. The third-order valence-corrected chi connectivity index (χ3v) is 5.37. The smallest absolute Gasteiger partial charge is 0.228 e. The Labute approximate surface area is 152 Å². The van der Waals surface area contributed by atoms with Crippen molar-refractivity contribution in [1.29, 1.82) is 0 Å². The van der Waals surface area contributed by atoms with Crippen LogP contribution in [0.25, 0.3) is 22.0 Å². The molecule has 3 aromatic rings. The van der Waals surface area contributed by atoms with E-state index in [0.29, 0.717) is 17.6 Å². The predicted molar refractivity (Wildman–Crippen MR) is 105 cm³/mol. The van der Waals surface area contributed by atoms with Crippen LogP contribution in [0.4, 0.5) is 11.6 Å². The zero-order valence-corrected chi connectivity index (χ0v) is 15.0. The molecule has 2 atom stereocenters. The van der Waals surface area contributed by atoms with Crippen molar-refractivity contribution in [2.45, 2.75) is 26.7 Å². The molecule has 0 bridgehead atoms. The molecule has 5 heteroatoms. The Kier molecular flexibility index (Phi) is 4.07. The van der Waals surface area contributed by atoms with Gasteiger partial charge < -0.3 is 11.1 Å². The molecule has 0 saturated heterocycles. The molecule has 4 rings (SSSR count). The second kappa shape index (κ2) is 6.41. The zero-order valence-electron chi connectivity index (χ0n) is 15.0. The van der Waals surface area contributed by atoms with Crippen molar-refractivity contribution in [1.82, 2.24) is 9.97 Å². The van der Waals surface area contributed by atoms with Crippen molar-refractivity contribution in [3.8, 4) is 11.3 Å². The van der Waals surface area contributed by atoms with Gasteiger partial charge in [0.1, 0.15) is 11.6 Å². The molecule has 1 aliphatic rings. The van der Waals surface area contributed by atoms with Crippen molar-refractivity contribution in [3.63, 3.8) is 0 Å². The number of amides is 1. The molecule has 0 aliphatic heterocycles. The lowest BCUT2D eigenvalue weighted by Crippen LogP contribution is -2.35. The van der Waals surface area contributed by atoms with E-state index in [0.717, 1.165) is 40.4 Å². The number of nitrogens with zero attached hydrogens (tertiary/aromatic N) is 2. The van der Waals surface area contributed by atoms with Gasteiger partial charge in [0, 0.05) is 23.1 Å². The highest BCUT2D eigenvalue weighted by atomic mass is 16.2. The monoisotopic (exact) mass is 346 g/mol. The van der Waals surface area contributed by atoms with Crippen LogP contribution in [0.2, 0.25) is 0 Å². The van der Waals surface area contributed by atoms with Crippen LogP contribution < -0.4 is 11.1 Å². The maximum Gasteiger partial charge on any atom is 0.228 e. The normalized spacial score (nSPS) is 19.2. The number of anilines is 2. The average Bonchev–Trinajstić information content (AvgIpc) is 2.60. The summed E-state index contributed by atoms with van der Waals surface area (Å²) in [4.78, 5) is 21.2. The highest BCUT2D eigenvalue weighted by molar-refractivity contribution is 5.98. The maximum atomic E-state index is 12.4. The molecular weight excluding hydrogens is 324 g/mol. The molecule has 1 amide bonds. The number of hydrogen-bond donors (Lipinski definition) is 2. The van der Waals surface area contributed by atoms with E-state index in [1.165, 1.54) is 0 Å². The lowest BCUT2D eigenvalue weighted by Gasteiger charge is -2.32. The summed E-state index contributed by atoms with van der Waals surface area (Å²) in [6.45, 7) is 4.16. The van der Waals surface area contributed by atoms with Crippen LogP contribution in [0.1, 0.15) is 25.3 Å². The van der Waals surface area contributed by atoms with Gasteiger partial charge in [-0.05, 0) is 48.8 Å². The van der Waals surface area contributed by atoms with Gasteiger partial charge in [0.05, 0.1) is 5.69 Å². The molecule has 5 nitrogen and oxygen atoms in total. The van der Waals surface area contributed by atoms with Gasteiger partial charge >= 0.3 is 0 Å². The van der Waals surface area contributed by atoms with Crippen LogP contribution in [0.15, 0.2) is 42.6 Å². The number of carbonyl (C=O) groups is 1. The van der Waals surface area contributed by atoms with Crippen molar-refractivity contribution >= 4 is 28.3 Å². The molecule has 3 N–H and O–H groups in total. The van der Waals surface area contributed by atoms with Gasteiger partial charge in [-0.2, -0.15) is 0 Å². The van der Waals surface area contributed by atoms with Crippen LogP contribution in [0, 0.1) is 18.8 Å². The number of aryl methyl sites for hydroxylation is 1. The summed E-state index contributed by atoms with van der Waals surface area (Å²) in [7, 11) is 0. The molecule has 0 radical (unpaired) electrons. The van der Waals surface area contributed by atoms with E-state index in [1.807, 2.05) is 30.3 Å². The van der Waals surface area contributed by atoms with Gasteiger partial charge in [-0.15, -0.1) is 0 Å². The number of benzene rings is 1. The third-order valence-electron chi connectivity index (χ3n) is 5.37. The van der Waals surface area contributed by atoms with Gasteiger partial charge in [-0.1, -0.05) is 31.2 Å². The number of carbonyl (C=O) groups excluding carboxylic acids is 1. The first-order valence-corrected chi connectivity index (χ1v) is 8.96. The number of rotatable bonds is 3. The lowest BCUT2D eigenvalue weighted by molar-refractivity contribution is -0.124. The number of nitrogens with two attached hydrogens (primary N) is 1. The van der Waals surface area contributed by atoms with Gasteiger partial charge in [0.25, 0.3) is 0 Å². The maximum absolute atomic E-state index is 12.4. The van der Waals surface area contributed by atoms with Crippen LogP contribution in [0.5, 0.6) is 0 Å². The lowest BCUT2D eigenvalue weighted by atomic mass is 9.74. The summed E-state index contributed by atoms with van der Waals surface area (Å²) in [6.07, 6.45) is 3.75. The van der Waals surface area contributed by atoms with Crippen molar-refractivity contribution in [2.75, 3.05) is 11.1 Å². The fourth-order valence-corrected chi connectivity index (χ4v) is 3.52. The molecule has 1 aliphatic carbocycles. The summed E-state index contributed by atoms with van der Waals surface area (Å²) in [5.74, 6) is 1.60. The number of aromatic nitrogens is 2. The summed E-state index contributed by atoms with van der Waals surface area (Å²) >= 11 is 0. The quantitative estimate of drug-likeness (QED) is 0.746. The fourth-order valence-electron chi connectivity index (χ4n) is 3.52. The molecule has 1 aromatic carbocycles.